The van der Waals surface area contributed by atoms with Crippen molar-refractivity contribution < 1.29 is 23.5 Å². The first-order valence-corrected chi connectivity index (χ1v) is 10.2. The van der Waals surface area contributed by atoms with Gasteiger partial charge in [0, 0.05) is 24.2 Å². The third-order valence-electron chi connectivity index (χ3n) is 5.95. The average molecular weight is 431 g/mol. The molecule has 2 aliphatic rings. The summed E-state index contributed by atoms with van der Waals surface area (Å²) in [5, 5.41) is 16.2. The maximum atomic E-state index is 13.9. The molecule has 1 unspecified atom stereocenters. The van der Waals surface area contributed by atoms with Crippen molar-refractivity contribution >= 4 is 12.2 Å². The number of hydrogen-bond donors (Lipinski definition) is 3. The summed E-state index contributed by atoms with van der Waals surface area (Å²) in [4.78, 5) is 37.4. The van der Waals surface area contributed by atoms with Gasteiger partial charge < -0.3 is 20.3 Å². The van der Waals surface area contributed by atoms with Crippen molar-refractivity contribution in [2.75, 3.05) is 6.54 Å². The number of fused-ring (bicyclic) bond motifs is 1. The van der Waals surface area contributed by atoms with Gasteiger partial charge >= 0.3 is 0 Å². The van der Waals surface area contributed by atoms with Crippen molar-refractivity contribution in [3.63, 3.8) is 0 Å². The van der Waals surface area contributed by atoms with Gasteiger partial charge in [-0.05, 0) is 44.7 Å². The molecule has 0 spiro atoms. The van der Waals surface area contributed by atoms with E-state index in [-0.39, 0.29) is 35.4 Å². The summed E-state index contributed by atoms with van der Waals surface area (Å²) >= 11 is 0. The number of carbonyl (C=O) groups excluding carboxylic acids is 2. The van der Waals surface area contributed by atoms with Crippen LogP contribution < -0.4 is 16.1 Å². The van der Waals surface area contributed by atoms with Crippen LogP contribution in [-0.2, 0) is 6.54 Å². The Kier molecular flexibility index (Phi) is 5.62. The first-order chi connectivity index (χ1) is 14.8. The zero-order valence-electron chi connectivity index (χ0n) is 17.0. The maximum Gasteiger partial charge on any atom is 0.257 e. The number of hydrogen-bond acceptors (Lipinski definition) is 5. The topological polar surface area (TPSA) is 100 Å². The van der Waals surface area contributed by atoms with Crippen LogP contribution >= 0.6 is 0 Å². The van der Waals surface area contributed by atoms with Crippen molar-refractivity contribution in [2.24, 2.45) is 5.92 Å². The normalized spacial score (nSPS) is 19.8. The van der Waals surface area contributed by atoms with Crippen molar-refractivity contribution in [2.45, 2.75) is 44.8 Å². The molecule has 2 aromatic rings. The SMILES string of the molecule is C[C@H]1CC(NCC2CC2)c2c(C(=O)NCc3ccc(F)cc3F)c(=O)c(O)c(C=O)n21. The molecule has 7 nitrogen and oxygen atoms in total. The third kappa shape index (κ3) is 3.97. The first kappa shape index (κ1) is 21.2. The number of pyridine rings is 1. The highest BCUT2D eigenvalue weighted by molar-refractivity contribution is 5.97. The van der Waals surface area contributed by atoms with Crippen LogP contribution in [0.4, 0.5) is 8.78 Å². The molecule has 2 atom stereocenters. The van der Waals surface area contributed by atoms with Crippen molar-refractivity contribution in [3.8, 4) is 5.75 Å². The Labute approximate surface area is 177 Å². The Morgan fingerprint density at radius 1 is 1.32 bits per heavy atom. The van der Waals surface area contributed by atoms with Gasteiger partial charge in [0.25, 0.3) is 5.91 Å². The van der Waals surface area contributed by atoms with Crippen molar-refractivity contribution in [1.29, 1.82) is 0 Å². The Hall–Kier alpha value is -3.07. The van der Waals surface area contributed by atoms with Crippen LogP contribution in [0.3, 0.4) is 0 Å². The minimum absolute atomic E-state index is 0.0528. The molecule has 1 aliphatic heterocycles. The van der Waals surface area contributed by atoms with Gasteiger partial charge in [0.15, 0.2) is 12.0 Å². The molecule has 4 rings (SSSR count). The second kappa shape index (κ2) is 8.22. The van der Waals surface area contributed by atoms with Crippen LogP contribution in [0.5, 0.6) is 5.75 Å². The fourth-order valence-electron chi connectivity index (χ4n) is 4.16. The lowest BCUT2D eigenvalue weighted by Gasteiger charge is -2.19. The van der Waals surface area contributed by atoms with Gasteiger partial charge in [-0.15, -0.1) is 0 Å². The largest absolute Gasteiger partial charge is 0.503 e. The Bertz CT molecular complexity index is 1110. The Morgan fingerprint density at radius 3 is 2.71 bits per heavy atom. The van der Waals surface area contributed by atoms with Crippen molar-refractivity contribution in [3.05, 3.63) is 62.6 Å². The van der Waals surface area contributed by atoms with Gasteiger partial charge in [-0.2, -0.15) is 0 Å². The lowest BCUT2D eigenvalue weighted by molar-refractivity contribution is 0.0945. The fourth-order valence-corrected chi connectivity index (χ4v) is 4.16. The fraction of sp³-hybridized carbons (Fsp3) is 0.409. The molecule has 1 fully saturated rings. The van der Waals surface area contributed by atoms with Crippen LogP contribution in [0, 0.1) is 17.6 Å². The van der Waals surface area contributed by atoms with Gasteiger partial charge in [0.05, 0.1) is 11.7 Å². The van der Waals surface area contributed by atoms with Gasteiger partial charge in [0.2, 0.25) is 5.43 Å². The van der Waals surface area contributed by atoms with Crippen LogP contribution in [0.1, 0.15) is 70.4 Å². The molecule has 1 aliphatic carbocycles. The second-order valence-electron chi connectivity index (χ2n) is 8.22. The van der Waals surface area contributed by atoms with Gasteiger partial charge in [-0.1, -0.05) is 6.07 Å². The molecule has 2 heterocycles. The second-order valence-corrected chi connectivity index (χ2v) is 8.22. The summed E-state index contributed by atoms with van der Waals surface area (Å²) in [5.74, 6) is -2.59. The number of nitrogens with zero attached hydrogens (tertiary/aromatic N) is 1. The van der Waals surface area contributed by atoms with Crippen LogP contribution in [-0.4, -0.2) is 28.4 Å². The Balaban J connectivity index is 1.70. The highest BCUT2D eigenvalue weighted by Gasteiger charge is 2.38. The summed E-state index contributed by atoms with van der Waals surface area (Å²) in [5.41, 5.74) is -0.988. The van der Waals surface area contributed by atoms with E-state index in [0.29, 0.717) is 30.4 Å². The van der Waals surface area contributed by atoms with Gasteiger partial charge in [-0.25, -0.2) is 8.78 Å². The molecule has 1 aromatic carbocycles. The minimum Gasteiger partial charge on any atom is -0.503 e. The first-order valence-electron chi connectivity index (χ1n) is 10.2. The number of aromatic hydroxyl groups is 1. The zero-order chi connectivity index (χ0) is 22.3. The van der Waals surface area contributed by atoms with E-state index in [1.807, 2.05) is 6.92 Å². The lowest BCUT2D eigenvalue weighted by atomic mass is 10.0. The minimum atomic E-state index is -0.947. The molecule has 1 saturated carbocycles. The van der Waals surface area contributed by atoms with E-state index in [9.17, 15) is 28.3 Å². The van der Waals surface area contributed by atoms with Gasteiger partial charge in [-0.3, -0.25) is 14.4 Å². The summed E-state index contributed by atoms with van der Waals surface area (Å²) < 4.78 is 28.6. The predicted octanol–water partition coefficient (Wildman–Crippen LogP) is 2.58. The maximum absolute atomic E-state index is 13.9. The number of carbonyl (C=O) groups is 2. The molecular formula is C22H23F2N3O4. The Morgan fingerprint density at radius 2 is 2.06 bits per heavy atom. The summed E-state index contributed by atoms with van der Waals surface area (Å²) in [6.07, 6.45) is 3.19. The van der Waals surface area contributed by atoms with Crippen molar-refractivity contribution in [1.82, 2.24) is 15.2 Å². The number of aromatic nitrogens is 1. The van der Waals surface area contributed by atoms with E-state index < -0.39 is 28.7 Å². The molecular weight excluding hydrogens is 408 g/mol. The molecule has 9 heteroatoms. The molecule has 0 bridgehead atoms. The van der Waals surface area contributed by atoms with E-state index >= 15 is 0 Å². The predicted molar refractivity (Wildman–Crippen MR) is 108 cm³/mol. The van der Waals surface area contributed by atoms with E-state index in [1.54, 1.807) is 0 Å². The van der Waals surface area contributed by atoms with E-state index in [0.717, 1.165) is 25.5 Å². The smallest absolute Gasteiger partial charge is 0.257 e. The quantitative estimate of drug-likeness (QED) is 0.585. The van der Waals surface area contributed by atoms with Crippen LogP contribution in [0.25, 0.3) is 0 Å². The third-order valence-corrected chi connectivity index (χ3v) is 5.95. The number of aldehydes is 1. The number of amides is 1. The summed E-state index contributed by atoms with van der Waals surface area (Å²) in [7, 11) is 0. The van der Waals surface area contributed by atoms with Crippen LogP contribution in [0.15, 0.2) is 23.0 Å². The molecule has 164 valence electrons. The zero-order valence-corrected chi connectivity index (χ0v) is 17.0. The molecule has 0 radical (unpaired) electrons. The molecule has 1 aromatic heterocycles. The molecule has 1 amide bonds. The highest BCUT2D eigenvalue weighted by Crippen LogP contribution is 2.39. The standard InChI is InChI=1S/C22H23F2N3O4/c1-11-6-16(25-8-12-2-3-12)19-18(21(30)20(29)17(10-28)27(11)19)22(31)26-9-13-4-5-14(23)7-15(13)24/h4-5,7,10-12,16,25,29H,2-3,6,8-9H2,1H3,(H,26,31)/t11-,16?/m0/s1. The van der Waals surface area contributed by atoms with E-state index in [1.165, 1.54) is 10.6 Å². The summed E-state index contributed by atoms with van der Waals surface area (Å²) in [6.45, 7) is 2.30. The molecule has 31 heavy (non-hydrogen) atoms. The molecule has 3 N–H and O–H groups in total. The van der Waals surface area contributed by atoms with Gasteiger partial charge in [0.1, 0.15) is 22.9 Å². The lowest BCUT2D eigenvalue weighted by Crippen LogP contribution is -2.34. The van der Waals surface area contributed by atoms with Crippen LogP contribution in [0.2, 0.25) is 0 Å². The number of benzene rings is 1. The number of rotatable bonds is 7. The average Bonchev–Trinajstić information content (AvgIpc) is 3.50. The number of nitrogens with one attached hydrogen (secondary N) is 2. The van der Waals surface area contributed by atoms with E-state index in [2.05, 4.69) is 10.6 Å². The summed E-state index contributed by atoms with van der Waals surface area (Å²) in [6, 6.07) is 2.42. The van der Waals surface area contributed by atoms with E-state index in [4.69, 9.17) is 0 Å². The molecule has 0 saturated heterocycles. The monoisotopic (exact) mass is 431 g/mol. The highest BCUT2D eigenvalue weighted by atomic mass is 19.1. The number of halogens is 2.